The van der Waals surface area contributed by atoms with Crippen LogP contribution in [0, 0.1) is 16.7 Å². The highest BCUT2D eigenvalue weighted by Gasteiger charge is 2.52. The molecule has 0 aromatic heterocycles. The minimum absolute atomic E-state index is 0.00357. The molecule has 6 heterocycles. The summed E-state index contributed by atoms with van der Waals surface area (Å²) >= 11 is 0. The summed E-state index contributed by atoms with van der Waals surface area (Å²) in [4.78, 5) is 83.5. The Bertz CT molecular complexity index is 2420. The van der Waals surface area contributed by atoms with E-state index >= 15 is 0 Å². The number of urea groups is 1. The molecule has 7 amide bonds. The van der Waals surface area contributed by atoms with Gasteiger partial charge in [0.25, 0.3) is 18.2 Å². The number of fused-ring (bicyclic) bond motifs is 1. The standard InChI is InChI=1S/C52H73F2N11O9/c1-32-37(30-58-61(32)5)36-29-51(2)15-7-18-64(41(51)28-35(36)45(53)54)46(55)38-31-63(50(71)56-4)21-13-39(38)59-33-11-19-62(20-12-33)43(67)14-22-72-24-26-74-27-25-73-23-17-57-52(3)16-6-8-34-44(52)49(70)65(48(34)69)40-9-10-42(66)60-47(40)68/h6,8,28-30,32-33,37,40-41,45,55,57,59H,7,9-27,31H2,1-5H3,(H,56,71)(H,60,66,68). The first-order chi connectivity index (χ1) is 35.4. The number of ether oxygens (including phenoxy) is 3. The quantitative estimate of drug-likeness (QED) is 0.0543. The Morgan fingerprint density at radius 1 is 0.946 bits per heavy atom. The number of likely N-dealkylation sites (tertiary alicyclic amines) is 2. The fourth-order valence-electron chi connectivity index (χ4n) is 11.7. The Balaban J connectivity index is 0.741. The molecule has 6 atom stereocenters. The molecule has 74 heavy (non-hydrogen) atoms. The van der Waals surface area contributed by atoms with Gasteiger partial charge in [0.2, 0.25) is 17.7 Å². The van der Waals surface area contributed by atoms with Crippen molar-refractivity contribution >= 4 is 47.6 Å². The average Bonchev–Trinajstić information content (AvgIpc) is 3.86. The molecule has 2 aliphatic carbocycles. The summed E-state index contributed by atoms with van der Waals surface area (Å²) in [5.41, 5.74) is 1.36. The SMILES string of the molecule is CNC(=O)N1CCC(NC2CCN(C(=O)CCOCCOCCOCCNC3(C)CC=CC4=C3C(=O)N(C3CCC(=O)NC3=O)C4=O)CC2)=C(C(=N)N2CCCC3(C)C=C(C4C=NN(C)C4C)C(C(F)F)=CC23)C1. The van der Waals surface area contributed by atoms with Gasteiger partial charge in [-0.3, -0.25) is 44.6 Å². The molecule has 6 unspecified atom stereocenters. The molecule has 22 heteroatoms. The number of hydrogen-bond donors (Lipinski definition) is 5. The average molecular weight is 1030 g/mol. The van der Waals surface area contributed by atoms with Crippen LogP contribution in [-0.2, 0) is 38.2 Å². The van der Waals surface area contributed by atoms with Gasteiger partial charge in [0, 0.05) is 100 Å². The number of nitrogens with one attached hydrogen (secondary N) is 5. The van der Waals surface area contributed by atoms with E-state index in [0.717, 1.165) is 23.4 Å². The number of amidine groups is 1. The van der Waals surface area contributed by atoms with Crippen molar-refractivity contribution in [3.8, 4) is 0 Å². The van der Waals surface area contributed by atoms with Gasteiger partial charge in [0.1, 0.15) is 11.9 Å². The first kappa shape index (κ1) is 54.4. The van der Waals surface area contributed by atoms with Gasteiger partial charge in [0.05, 0.1) is 81.4 Å². The maximum atomic E-state index is 14.9. The second-order valence-corrected chi connectivity index (χ2v) is 20.9. The molecule has 0 bridgehead atoms. The summed E-state index contributed by atoms with van der Waals surface area (Å²) in [5, 5.41) is 27.9. The van der Waals surface area contributed by atoms with Crippen molar-refractivity contribution < 1.29 is 51.8 Å². The van der Waals surface area contributed by atoms with Gasteiger partial charge in [-0.25, -0.2) is 13.6 Å². The summed E-state index contributed by atoms with van der Waals surface area (Å²) in [7, 11) is 3.43. The highest BCUT2D eigenvalue weighted by atomic mass is 19.3. The van der Waals surface area contributed by atoms with Gasteiger partial charge >= 0.3 is 6.03 Å². The van der Waals surface area contributed by atoms with Crippen LogP contribution in [0.15, 0.2) is 63.0 Å². The Hall–Kier alpha value is -5.84. The Kier molecular flexibility index (Phi) is 17.2. The van der Waals surface area contributed by atoms with Crippen LogP contribution in [0.4, 0.5) is 13.6 Å². The maximum absolute atomic E-state index is 14.9. The van der Waals surface area contributed by atoms with E-state index in [1.165, 1.54) is 0 Å². The van der Waals surface area contributed by atoms with Crippen LogP contribution in [0.25, 0.3) is 0 Å². The zero-order chi connectivity index (χ0) is 52.9. The van der Waals surface area contributed by atoms with Crippen molar-refractivity contribution in [1.29, 1.82) is 5.41 Å². The lowest BCUT2D eigenvalue weighted by Gasteiger charge is -2.50. The van der Waals surface area contributed by atoms with Crippen LogP contribution in [0.5, 0.6) is 0 Å². The van der Waals surface area contributed by atoms with Crippen LogP contribution in [0.3, 0.4) is 0 Å². The Morgan fingerprint density at radius 3 is 2.34 bits per heavy atom. The molecule has 0 spiro atoms. The van der Waals surface area contributed by atoms with E-state index in [1.54, 1.807) is 35.3 Å². The Labute approximate surface area is 431 Å². The lowest BCUT2D eigenvalue weighted by Crippen LogP contribution is -2.56. The molecule has 0 aromatic carbocycles. The highest BCUT2D eigenvalue weighted by molar-refractivity contribution is 6.24. The van der Waals surface area contributed by atoms with E-state index in [9.17, 15) is 43.0 Å². The van der Waals surface area contributed by atoms with E-state index in [4.69, 9.17) is 14.2 Å². The molecule has 8 rings (SSSR count). The van der Waals surface area contributed by atoms with Gasteiger partial charge in [-0.05, 0) is 57.9 Å². The number of halogens is 2. The molecular formula is C52H73F2N11O9. The summed E-state index contributed by atoms with van der Waals surface area (Å²) < 4.78 is 46.9. The molecule has 6 aliphatic heterocycles. The number of amides is 7. The van der Waals surface area contributed by atoms with Crippen molar-refractivity contribution in [2.24, 2.45) is 16.4 Å². The topological polar surface area (TPSA) is 231 Å². The molecule has 0 aromatic rings. The van der Waals surface area contributed by atoms with Crippen LogP contribution in [0.1, 0.15) is 78.6 Å². The van der Waals surface area contributed by atoms with Crippen molar-refractivity contribution in [3.63, 3.8) is 0 Å². The van der Waals surface area contributed by atoms with Crippen molar-refractivity contribution in [2.45, 2.75) is 115 Å². The summed E-state index contributed by atoms with van der Waals surface area (Å²) in [6.45, 7) is 10.4. The molecule has 8 aliphatic rings. The minimum Gasteiger partial charge on any atom is -0.385 e. The summed E-state index contributed by atoms with van der Waals surface area (Å²) in [6.07, 6.45) is 10.5. The largest absolute Gasteiger partial charge is 0.385 e. The van der Waals surface area contributed by atoms with Gasteiger partial charge in [0.15, 0.2) is 0 Å². The first-order valence-corrected chi connectivity index (χ1v) is 26.1. The third-order valence-corrected chi connectivity index (χ3v) is 16.0. The minimum atomic E-state index is -2.69. The smallest absolute Gasteiger partial charge is 0.317 e. The van der Waals surface area contributed by atoms with Gasteiger partial charge in [-0.15, -0.1) is 0 Å². The van der Waals surface area contributed by atoms with Crippen LogP contribution in [0.2, 0.25) is 0 Å². The van der Waals surface area contributed by atoms with Gasteiger partial charge in [-0.2, -0.15) is 5.10 Å². The highest BCUT2D eigenvalue weighted by Crippen LogP contribution is 2.47. The van der Waals surface area contributed by atoms with Crippen LogP contribution < -0.4 is 21.3 Å². The predicted octanol–water partition coefficient (Wildman–Crippen LogP) is 2.60. The number of carbonyl (C=O) groups is 6. The number of rotatable bonds is 19. The zero-order valence-electron chi connectivity index (χ0n) is 43.3. The van der Waals surface area contributed by atoms with Gasteiger partial charge < -0.3 is 44.9 Å². The summed E-state index contributed by atoms with van der Waals surface area (Å²) in [6, 6.07) is -1.77. The van der Waals surface area contributed by atoms with Crippen molar-refractivity contribution in [1.82, 2.24) is 45.9 Å². The number of nitrogens with zero attached hydrogens (tertiary/aromatic N) is 6. The summed E-state index contributed by atoms with van der Waals surface area (Å²) in [5.74, 6) is -2.17. The number of carbonyl (C=O) groups excluding carboxylic acids is 6. The number of allylic oxidation sites excluding steroid dienone is 1. The maximum Gasteiger partial charge on any atom is 0.317 e. The number of alkyl halides is 2. The predicted molar refractivity (Wildman–Crippen MR) is 270 cm³/mol. The number of imide groups is 2. The van der Waals surface area contributed by atoms with E-state index < -0.39 is 53.1 Å². The number of piperidine rings is 3. The molecule has 404 valence electrons. The van der Waals surface area contributed by atoms with Crippen LogP contribution in [-0.4, -0.2) is 201 Å². The lowest BCUT2D eigenvalue weighted by atomic mass is 9.67. The molecule has 20 nitrogen and oxygen atoms in total. The normalized spacial score (nSPS) is 28.5. The molecule has 5 N–H and O–H groups in total. The fourth-order valence-corrected chi connectivity index (χ4v) is 11.7. The second kappa shape index (κ2) is 23.4. The lowest BCUT2D eigenvalue weighted by molar-refractivity contribution is -0.150. The molecule has 3 saturated heterocycles. The van der Waals surface area contributed by atoms with Gasteiger partial charge in [-0.1, -0.05) is 31.2 Å². The van der Waals surface area contributed by atoms with E-state index in [2.05, 4.69) is 33.3 Å². The van der Waals surface area contributed by atoms with Crippen molar-refractivity contribution in [2.75, 3.05) is 93.0 Å². The molecule has 0 radical (unpaired) electrons. The first-order valence-electron chi connectivity index (χ1n) is 26.1. The fraction of sp³-hybridized carbons (Fsp3) is 0.654. The van der Waals surface area contributed by atoms with Crippen LogP contribution >= 0.6 is 0 Å². The Morgan fingerprint density at radius 2 is 1.66 bits per heavy atom. The third-order valence-electron chi connectivity index (χ3n) is 16.0. The number of hydrazone groups is 1. The van der Waals surface area contributed by atoms with E-state index in [0.29, 0.717) is 108 Å². The van der Waals surface area contributed by atoms with Crippen molar-refractivity contribution in [3.05, 3.63) is 57.9 Å². The number of hydrogen-bond acceptors (Lipinski definition) is 14. The van der Waals surface area contributed by atoms with E-state index in [-0.39, 0.29) is 79.3 Å². The third kappa shape index (κ3) is 11.5. The monoisotopic (exact) mass is 1030 g/mol. The zero-order valence-corrected chi connectivity index (χ0v) is 43.3. The van der Waals surface area contributed by atoms with E-state index in [1.807, 2.05) is 42.8 Å². The molecular weight excluding hydrogens is 961 g/mol. The molecule has 0 saturated carbocycles. The molecule has 3 fully saturated rings. The second-order valence-electron chi connectivity index (χ2n) is 20.9.